The number of esters is 1. The number of piperidine rings is 1. The van der Waals surface area contributed by atoms with Gasteiger partial charge in [0.25, 0.3) is 15.9 Å². The maximum absolute atomic E-state index is 13.1. The van der Waals surface area contributed by atoms with Crippen molar-refractivity contribution in [3.05, 3.63) is 96.1 Å². The Hall–Kier alpha value is -3.65. The van der Waals surface area contributed by atoms with Crippen LogP contribution in [0.4, 0.5) is 5.69 Å². The zero-order valence-electron chi connectivity index (χ0n) is 18.8. The molecule has 0 saturated carbocycles. The molecular formula is C26H26N2O5S. The molecule has 1 aliphatic rings. The van der Waals surface area contributed by atoms with Gasteiger partial charge in [-0.1, -0.05) is 48.5 Å². The van der Waals surface area contributed by atoms with Crippen molar-refractivity contribution in [2.45, 2.75) is 23.2 Å². The van der Waals surface area contributed by atoms with E-state index in [1.807, 2.05) is 30.3 Å². The summed E-state index contributed by atoms with van der Waals surface area (Å²) < 4.78 is 32.9. The molecule has 0 unspecified atom stereocenters. The summed E-state index contributed by atoms with van der Waals surface area (Å²) in [5, 5.41) is 0. The van der Waals surface area contributed by atoms with E-state index in [2.05, 4.69) is 4.72 Å². The number of carbonyl (C=O) groups excluding carboxylic acids is 2. The van der Waals surface area contributed by atoms with Gasteiger partial charge in [0, 0.05) is 24.3 Å². The Morgan fingerprint density at radius 3 is 1.97 bits per heavy atom. The molecule has 34 heavy (non-hydrogen) atoms. The SMILES string of the molecule is COC(=O)C1(c2ccccc2)CCN(C(=O)c2ccc(S(=O)(=O)Nc3ccccc3)cc2)CC1. The highest BCUT2D eigenvalue weighted by molar-refractivity contribution is 7.92. The minimum absolute atomic E-state index is 0.0698. The van der Waals surface area contributed by atoms with E-state index >= 15 is 0 Å². The molecule has 0 radical (unpaired) electrons. The standard InChI is InChI=1S/C26H26N2O5S/c1-33-25(30)26(21-8-4-2-5-9-21)16-18-28(19-17-26)24(29)20-12-14-23(15-13-20)34(31,32)27-22-10-6-3-7-11-22/h2-15,27H,16-19H2,1H3. The minimum atomic E-state index is -3.77. The zero-order chi connectivity index (χ0) is 24.2. The number of hydrogen-bond donors (Lipinski definition) is 1. The highest BCUT2D eigenvalue weighted by Gasteiger charge is 2.44. The van der Waals surface area contributed by atoms with Gasteiger partial charge < -0.3 is 9.64 Å². The molecule has 8 heteroatoms. The van der Waals surface area contributed by atoms with Gasteiger partial charge in [0.05, 0.1) is 17.4 Å². The summed E-state index contributed by atoms with van der Waals surface area (Å²) in [4.78, 5) is 27.6. The molecule has 1 heterocycles. The first-order chi connectivity index (χ1) is 16.4. The third-order valence-electron chi connectivity index (χ3n) is 6.24. The van der Waals surface area contributed by atoms with Gasteiger partial charge in [0.15, 0.2) is 0 Å². The number of anilines is 1. The molecule has 0 aromatic heterocycles. The number of likely N-dealkylation sites (tertiary alicyclic amines) is 1. The Morgan fingerprint density at radius 1 is 0.853 bits per heavy atom. The van der Waals surface area contributed by atoms with Crippen molar-refractivity contribution in [3.8, 4) is 0 Å². The van der Waals surface area contributed by atoms with Crippen LogP contribution in [0, 0.1) is 0 Å². The Labute approximate surface area is 199 Å². The lowest BCUT2D eigenvalue weighted by atomic mass is 9.72. The Balaban J connectivity index is 1.46. The maximum Gasteiger partial charge on any atom is 0.316 e. The van der Waals surface area contributed by atoms with E-state index in [0.717, 1.165) is 5.56 Å². The fourth-order valence-corrected chi connectivity index (χ4v) is 5.39. The number of benzene rings is 3. The fourth-order valence-electron chi connectivity index (χ4n) is 4.33. The first-order valence-corrected chi connectivity index (χ1v) is 12.5. The number of carbonyl (C=O) groups is 2. The summed E-state index contributed by atoms with van der Waals surface area (Å²) in [6.07, 6.45) is 0.895. The van der Waals surface area contributed by atoms with Crippen molar-refractivity contribution in [3.63, 3.8) is 0 Å². The molecule has 4 rings (SSSR count). The molecule has 1 aliphatic heterocycles. The van der Waals surface area contributed by atoms with Crippen molar-refractivity contribution in [2.75, 3.05) is 24.9 Å². The summed E-state index contributed by atoms with van der Waals surface area (Å²) in [5.74, 6) is -0.502. The summed E-state index contributed by atoms with van der Waals surface area (Å²) in [6.45, 7) is 0.775. The lowest BCUT2D eigenvalue weighted by Crippen LogP contribution is -2.49. The molecule has 0 atom stereocenters. The van der Waals surface area contributed by atoms with Gasteiger partial charge >= 0.3 is 5.97 Å². The highest BCUT2D eigenvalue weighted by Crippen LogP contribution is 2.37. The topological polar surface area (TPSA) is 92.8 Å². The third kappa shape index (κ3) is 4.68. The Morgan fingerprint density at radius 2 is 1.41 bits per heavy atom. The predicted octanol–water partition coefficient (Wildman–Crippen LogP) is 3.83. The molecular weight excluding hydrogens is 452 g/mol. The largest absolute Gasteiger partial charge is 0.468 e. The highest BCUT2D eigenvalue weighted by atomic mass is 32.2. The molecule has 1 fully saturated rings. The second kappa shape index (κ2) is 9.69. The van der Waals surface area contributed by atoms with E-state index in [1.165, 1.54) is 31.4 Å². The molecule has 176 valence electrons. The molecule has 0 spiro atoms. The van der Waals surface area contributed by atoms with Crippen LogP contribution in [-0.4, -0.2) is 45.4 Å². The quantitative estimate of drug-likeness (QED) is 0.544. The number of sulfonamides is 1. The maximum atomic E-state index is 13.1. The number of methoxy groups -OCH3 is 1. The van der Waals surface area contributed by atoms with E-state index < -0.39 is 15.4 Å². The molecule has 1 saturated heterocycles. The minimum Gasteiger partial charge on any atom is -0.468 e. The van der Waals surface area contributed by atoms with Gasteiger partial charge in [-0.25, -0.2) is 8.42 Å². The number of para-hydroxylation sites is 1. The molecule has 1 N–H and O–H groups in total. The number of ether oxygens (including phenoxy) is 1. The van der Waals surface area contributed by atoms with Crippen LogP contribution >= 0.6 is 0 Å². The summed E-state index contributed by atoms with van der Waals surface area (Å²) in [6, 6.07) is 24.0. The van der Waals surface area contributed by atoms with E-state index in [9.17, 15) is 18.0 Å². The number of rotatable bonds is 6. The van der Waals surface area contributed by atoms with Gasteiger partial charge in [-0.2, -0.15) is 0 Å². The van der Waals surface area contributed by atoms with Crippen molar-refractivity contribution >= 4 is 27.6 Å². The lowest BCUT2D eigenvalue weighted by molar-refractivity contribution is -0.149. The van der Waals surface area contributed by atoms with Gasteiger partial charge in [0.2, 0.25) is 0 Å². The molecule has 0 bridgehead atoms. The zero-order valence-corrected chi connectivity index (χ0v) is 19.6. The first-order valence-electron chi connectivity index (χ1n) is 11.0. The normalized spacial score (nSPS) is 15.4. The molecule has 3 aromatic rings. The van der Waals surface area contributed by atoms with E-state index in [1.54, 1.807) is 35.2 Å². The molecule has 1 amide bonds. The summed E-state index contributed by atoms with van der Waals surface area (Å²) in [5.41, 5.74) is 0.954. The van der Waals surface area contributed by atoms with Crippen LogP contribution in [-0.2, 0) is 25.0 Å². The van der Waals surface area contributed by atoms with E-state index in [0.29, 0.717) is 37.2 Å². The van der Waals surface area contributed by atoms with Gasteiger partial charge in [-0.15, -0.1) is 0 Å². The van der Waals surface area contributed by atoms with Gasteiger partial charge in [-0.05, 0) is 54.8 Å². The van der Waals surface area contributed by atoms with Crippen LogP contribution in [0.5, 0.6) is 0 Å². The first kappa shape index (κ1) is 23.5. The second-order valence-electron chi connectivity index (χ2n) is 8.23. The number of amides is 1. The average Bonchev–Trinajstić information content (AvgIpc) is 2.89. The second-order valence-corrected chi connectivity index (χ2v) is 9.91. The number of nitrogens with zero attached hydrogens (tertiary/aromatic N) is 1. The third-order valence-corrected chi connectivity index (χ3v) is 7.64. The summed E-state index contributed by atoms with van der Waals surface area (Å²) in [7, 11) is -2.38. The van der Waals surface area contributed by atoms with Crippen LogP contribution in [0.2, 0.25) is 0 Å². The summed E-state index contributed by atoms with van der Waals surface area (Å²) >= 11 is 0. The fraction of sp³-hybridized carbons (Fsp3) is 0.231. The average molecular weight is 479 g/mol. The monoisotopic (exact) mass is 478 g/mol. The Bertz CT molecular complexity index is 1250. The van der Waals surface area contributed by atoms with Gasteiger partial charge in [-0.3, -0.25) is 14.3 Å². The smallest absolute Gasteiger partial charge is 0.316 e. The molecule has 3 aromatic carbocycles. The number of hydrogen-bond acceptors (Lipinski definition) is 5. The van der Waals surface area contributed by atoms with Crippen LogP contribution < -0.4 is 4.72 Å². The van der Waals surface area contributed by atoms with Crippen molar-refractivity contribution < 1.29 is 22.7 Å². The predicted molar refractivity (Wildman–Crippen MR) is 129 cm³/mol. The van der Waals surface area contributed by atoms with Crippen LogP contribution in [0.3, 0.4) is 0 Å². The van der Waals surface area contributed by atoms with E-state index in [4.69, 9.17) is 4.74 Å². The Kier molecular flexibility index (Phi) is 6.70. The van der Waals surface area contributed by atoms with Crippen LogP contribution in [0.15, 0.2) is 89.8 Å². The van der Waals surface area contributed by atoms with Crippen molar-refractivity contribution in [2.24, 2.45) is 0 Å². The number of nitrogens with one attached hydrogen (secondary N) is 1. The lowest BCUT2D eigenvalue weighted by Gasteiger charge is -2.40. The van der Waals surface area contributed by atoms with Gasteiger partial charge in [0.1, 0.15) is 0 Å². The van der Waals surface area contributed by atoms with Crippen LogP contribution in [0.25, 0.3) is 0 Å². The molecule has 7 nitrogen and oxygen atoms in total. The molecule has 0 aliphatic carbocycles. The van der Waals surface area contributed by atoms with Crippen molar-refractivity contribution in [1.82, 2.24) is 4.90 Å². The van der Waals surface area contributed by atoms with Crippen molar-refractivity contribution in [1.29, 1.82) is 0 Å². The van der Waals surface area contributed by atoms with Crippen LogP contribution in [0.1, 0.15) is 28.8 Å². The van der Waals surface area contributed by atoms with E-state index in [-0.39, 0.29) is 16.8 Å².